The molecule has 0 amide bonds. The normalized spacial score (nSPS) is 22.1. The lowest BCUT2D eigenvalue weighted by Crippen LogP contribution is -2.50. The zero-order valence-corrected chi connectivity index (χ0v) is 11.3. The number of likely N-dealkylation sites (N-methyl/N-ethyl adjacent to an activating group) is 1. The van der Waals surface area contributed by atoms with Gasteiger partial charge in [0, 0.05) is 32.7 Å². The summed E-state index contributed by atoms with van der Waals surface area (Å²) >= 11 is 0. The van der Waals surface area contributed by atoms with Gasteiger partial charge in [0.15, 0.2) is 5.82 Å². The number of hydrogen-bond acceptors (Lipinski definition) is 4. The van der Waals surface area contributed by atoms with Crippen molar-refractivity contribution in [3.05, 3.63) is 5.69 Å². The standard InChI is InChI=1S/C12H23N5/c1-5-10-11(13)12(16(4)14-10)17-7-6-15(3)9(2)8-17/h9H,5-8,13H2,1-4H3. The van der Waals surface area contributed by atoms with Gasteiger partial charge in [-0.15, -0.1) is 0 Å². The molecule has 5 heteroatoms. The topological polar surface area (TPSA) is 50.3 Å². The highest BCUT2D eigenvalue weighted by Gasteiger charge is 2.25. The molecule has 5 nitrogen and oxygen atoms in total. The van der Waals surface area contributed by atoms with Gasteiger partial charge in [-0.05, 0) is 20.4 Å². The zero-order valence-electron chi connectivity index (χ0n) is 11.3. The van der Waals surface area contributed by atoms with E-state index in [4.69, 9.17) is 5.73 Å². The van der Waals surface area contributed by atoms with Gasteiger partial charge in [-0.2, -0.15) is 5.10 Å². The number of aryl methyl sites for hydroxylation is 2. The average molecular weight is 237 g/mol. The monoisotopic (exact) mass is 237 g/mol. The Morgan fingerprint density at radius 2 is 2.06 bits per heavy atom. The summed E-state index contributed by atoms with van der Waals surface area (Å²) < 4.78 is 1.92. The molecule has 2 heterocycles. The number of hydrogen-bond donors (Lipinski definition) is 1. The van der Waals surface area contributed by atoms with Gasteiger partial charge in [0.25, 0.3) is 0 Å². The molecule has 1 aliphatic rings. The maximum Gasteiger partial charge on any atom is 0.150 e. The number of nitrogens with two attached hydrogens (primary N) is 1. The third-order valence-corrected chi connectivity index (χ3v) is 3.72. The summed E-state index contributed by atoms with van der Waals surface area (Å²) in [6.45, 7) is 7.46. The summed E-state index contributed by atoms with van der Waals surface area (Å²) in [5, 5.41) is 4.48. The number of aromatic nitrogens is 2. The van der Waals surface area contributed by atoms with Crippen LogP contribution < -0.4 is 10.6 Å². The van der Waals surface area contributed by atoms with Crippen LogP contribution in [0.3, 0.4) is 0 Å². The molecular formula is C12H23N5. The van der Waals surface area contributed by atoms with Gasteiger partial charge in [0.1, 0.15) is 0 Å². The molecule has 1 fully saturated rings. The molecule has 1 aliphatic heterocycles. The van der Waals surface area contributed by atoms with Crippen molar-refractivity contribution >= 4 is 11.5 Å². The Morgan fingerprint density at radius 1 is 1.35 bits per heavy atom. The largest absolute Gasteiger partial charge is 0.394 e. The Labute approximate surface area is 103 Å². The van der Waals surface area contributed by atoms with Crippen LogP contribution in [0.15, 0.2) is 0 Å². The first-order chi connectivity index (χ1) is 8.04. The van der Waals surface area contributed by atoms with Crippen molar-refractivity contribution in [2.45, 2.75) is 26.3 Å². The zero-order chi connectivity index (χ0) is 12.6. The molecule has 2 rings (SSSR count). The van der Waals surface area contributed by atoms with Crippen molar-refractivity contribution in [2.75, 3.05) is 37.3 Å². The highest BCUT2D eigenvalue weighted by molar-refractivity contribution is 5.66. The van der Waals surface area contributed by atoms with Gasteiger partial charge in [-0.25, -0.2) is 0 Å². The molecule has 0 saturated carbocycles. The maximum absolute atomic E-state index is 6.19. The molecule has 1 saturated heterocycles. The van der Waals surface area contributed by atoms with E-state index in [1.165, 1.54) is 0 Å². The van der Waals surface area contributed by atoms with Crippen LogP contribution in [-0.4, -0.2) is 47.4 Å². The summed E-state index contributed by atoms with van der Waals surface area (Å²) in [5.41, 5.74) is 8.05. The molecular weight excluding hydrogens is 214 g/mol. The van der Waals surface area contributed by atoms with E-state index >= 15 is 0 Å². The van der Waals surface area contributed by atoms with E-state index in [0.29, 0.717) is 6.04 Å². The predicted molar refractivity (Wildman–Crippen MR) is 71.3 cm³/mol. The molecule has 1 unspecified atom stereocenters. The van der Waals surface area contributed by atoms with Crippen molar-refractivity contribution in [1.82, 2.24) is 14.7 Å². The van der Waals surface area contributed by atoms with Crippen LogP contribution in [-0.2, 0) is 13.5 Å². The highest BCUT2D eigenvalue weighted by atomic mass is 15.4. The first-order valence-corrected chi connectivity index (χ1v) is 6.31. The molecule has 0 spiro atoms. The van der Waals surface area contributed by atoms with Crippen LogP contribution >= 0.6 is 0 Å². The number of nitrogen functional groups attached to an aromatic ring is 1. The summed E-state index contributed by atoms with van der Waals surface area (Å²) in [5.74, 6) is 1.09. The highest BCUT2D eigenvalue weighted by Crippen LogP contribution is 2.28. The van der Waals surface area contributed by atoms with E-state index in [2.05, 4.69) is 35.8 Å². The lowest BCUT2D eigenvalue weighted by Gasteiger charge is -2.38. The van der Waals surface area contributed by atoms with Crippen LogP contribution in [0.5, 0.6) is 0 Å². The first kappa shape index (κ1) is 12.2. The van der Waals surface area contributed by atoms with E-state index in [9.17, 15) is 0 Å². The van der Waals surface area contributed by atoms with E-state index in [0.717, 1.165) is 43.3 Å². The Hall–Kier alpha value is -1.23. The van der Waals surface area contributed by atoms with Gasteiger partial charge in [-0.1, -0.05) is 6.92 Å². The Morgan fingerprint density at radius 3 is 2.59 bits per heavy atom. The number of anilines is 2. The average Bonchev–Trinajstić information content (AvgIpc) is 2.58. The third kappa shape index (κ3) is 2.11. The molecule has 0 bridgehead atoms. The van der Waals surface area contributed by atoms with Gasteiger partial charge < -0.3 is 15.5 Å². The second kappa shape index (κ2) is 4.56. The van der Waals surface area contributed by atoms with Crippen molar-refractivity contribution in [1.29, 1.82) is 0 Å². The summed E-state index contributed by atoms with van der Waals surface area (Å²) in [7, 11) is 4.15. The summed E-state index contributed by atoms with van der Waals surface area (Å²) in [6, 6.07) is 0.558. The maximum atomic E-state index is 6.19. The molecule has 0 aromatic carbocycles. The smallest absolute Gasteiger partial charge is 0.150 e. The molecule has 17 heavy (non-hydrogen) atoms. The summed E-state index contributed by atoms with van der Waals surface area (Å²) in [6.07, 6.45) is 0.892. The van der Waals surface area contributed by atoms with E-state index in [1.807, 2.05) is 11.7 Å². The third-order valence-electron chi connectivity index (χ3n) is 3.72. The van der Waals surface area contributed by atoms with Gasteiger partial charge >= 0.3 is 0 Å². The lowest BCUT2D eigenvalue weighted by molar-refractivity contribution is 0.233. The first-order valence-electron chi connectivity index (χ1n) is 6.31. The molecule has 96 valence electrons. The van der Waals surface area contributed by atoms with Crippen molar-refractivity contribution in [3.8, 4) is 0 Å². The lowest BCUT2D eigenvalue weighted by atomic mass is 10.2. The fourth-order valence-corrected chi connectivity index (χ4v) is 2.46. The summed E-state index contributed by atoms with van der Waals surface area (Å²) in [4.78, 5) is 4.73. The fourth-order valence-electron chi connectivity index (χ4n) is 2.46. The number of piperazine rings is 1. The van der Waals surface area contributed by atoms with Crippen molar-refractivity contribution < 1.29 is 0 Å². The quantitative estimate of drug-likeness (QED) is 0.823. The van der Waals surface area contributed by atoms with E-state index in [-0.39, 0.29) is 0 Å². The van der Waals surface area contributed by atoms with Crippen LogP contribution in [0.25, 0.3) is 0 Å². The molecule has 1 aromatic rings. The minimum absolute atomic E-state index is 0.558. The number of rotatable bonds is 2. The second-order valence-electron chi connectivity index (χ2n) is 4.94. The minimum atomic E-state index is 0.558. The van der Waals surface area contributed by atoms with Crippen molar-refractivity contribution in [2.24, 2.45) is 7.05 Å². The number of nitrogens with zero attached hydrogens (tertiary/aromatic N) is 4. The van der Waals surface area contributed by atoms with Crippen molar-refractivity contribution in [3.63, 3.8) is 0 Å². The van der Waals surface area contributed by atoms with Gasteiger partial charge in [-0.3, -0.25) is 4.68 Å². The van der Waals surface area contributed by atoms with Gasteiger partial charge in [0.05, 0.1) is 11.4 Å². The Kier molecular flexibility index (Phi) is 3.28. The van der Waals surface area contributed by atoms with Crippen LogP contribution in [0.2, 0.25) is 0 Å². The molecule has 2 N–H and O–H groups in total. The molecule has 0 radical (unpaired) electrons. The molecule has 1 aromatic heterocycles. The molecule has 0 aliphatic carbocycles. The Bertz CT molecular complexity index is 398. The minimum Gasteiger partial charge on any atom is -0.394 e. The Balaban J connectivity index is 2.25. The fraction of sp³-hybridized carbons (Fsp3) is 0.750. The van der Waals surface area contributed by atoms with Crippen LogP contribution in [0.4, 0.5) is 11.5 Å². The predicted octanol–water partition coefficient (Wildman–Crippen LogP) is 0.705. The SMILES string of the molecule is CCc1nn(C)c(N2CCN(C)C(C)C2)c1N. The van der Waals surface area contributed by atoms with Gasteiger partial charge in [0.2, 0.25) is 0 Å². The second-order valence-corrected chi connectivity index (χ2v) is 4.94. The van der Waals surface area contributed by atoms with Crippen LogP contribution in [0.1, 0.15) is 19.5 Å². The van der Waals surface area contributed by atoms with E-state index in [1.54, 1.807) is 0 Å². The van der Waals surface area contributed by atoms with E-state index < -0.39 is 0 Å². The van der Waals surface area contributed by atoms with Crippen LogP contribution in [0, 0.1) is 0 Å². The molecule has 1 atom stereocenters.